The summed E-state index contributed by atoms with van der Waals surface area (Å²) in [5.74, 6) is -0.593. The Kier molecular flexibility index (Phi) is 9.97. The lowest BCUT2D eigenvalue weighted by Gasteiger charge is -2.25. The first-order chi connectivity index (χ1) is 22.8. The summed E-state index contributed by atoms with van der Waals surface area (Å²) in [4.78, 5) is 2.58. The first kappa shape index (κ1) is 36.4. The largest absolute Gasteiger partial charge is 0.748 e. The molecule has 19 heteroatoms. The molecule has 3 heterocycles. The van der Waals surface area contributed by atoms with E-state index in [1.54, 1.807) is 0 Å². The Labute approximate surface area is 278 Å². The molecule has 266 valence electrons. The third kappa shape index (κ3) is 7.80. The van der Waals surface area contributed by atoms with Gasteiger partial charge in [-0.1, -0.05) is 12.7 Å². The van der Waals surface area contributed by atoms with Gasteiger partial charge < -0.3 is 19.1 Å². The summed E-state index contributed by atoms with van der Waals surface area (Å²) in [5, 5.41) is 0. The fourth-order valence-electron chi connectivity index (χ4n) is 5.79. The van der Waals surface area contributed by atoms with Crippen LogP contribution in [0.2, 0.25) is 0 Å². The summed E-state index contributed by atoms with van der Waals surface area (Å²) in [6, 6.07) is 6.82. The molecule has 0 radical (unpaired) electrons. The van der Waals surface area contributed by atoms with Crippen molar-refractivity contribution in [3.63, 3.8) is 0 Å². The number of hydrogen-bond acceptors (Lipinski definition) is 8. The maximum atomic E-state index is 13.9. The van der Waals surface area contributed by atoms with Gasteiger partial charge in [-0.15, -0.1) is 0 Å². The van der Waals surface area contributed by atoms with Gasteiger partial charge in [-0.25, -0.2) is 26.0 Å². The van der Waals surface area contributed by atoms with Crippen LogP contribution in [0, 0.1) is 0 Å². The van der Waals surface area contributed by atoms with Crippen LogP contribution in [0.5, 0.6) is 0 Å². The number of benzene rings is 2. The molecular weight excluding hydrogens is 704 g/mol. The number of sulfonamides is 1. The third-order valence-electron chi connectivity index (χ3n) is 7.99. The molecule has 2 aromatic carbocycles. The number of halogens is 6. The van der Waals surface area contributed by atoms with Crippen LogP contribution in [0.25, 0.3) is 17.1 Å². The van der Waals surface area contributed by atoms with Crippen molar-refractivity contribution in [2.45, 2.75) is 30.2 Å². The average molecular weight is 736 g/mol. The molecule has 0 saturated carbocycles. The Morgan fingerprint density at radius 2 is 1.69 bits per heavy atom. The first-order valence-corrected chi connectivity index (χ1v) is 17.7. The number of nitrogens with zero attached hydrogens (tertiary/aromatic N) is 5. The molecule has 2 aliphatic heterocycles. The lowest BCUT2D eigenvalue weighted by Crippen LogP contribution is -2.40. The first-order valence-electron chi connectivity index (χ1n) is 14.7. The van der Waals surface area contributed by atoms with Gasteiger partial charge in [0, 0.05) is 43.7 Å². The number of hydrogen-bond donors (Lipinski definition) is 0. The van der Waals surface area contributed by atoms with E-state index in [-0.39, 0.29) is 72.7 Å². The van der Waals surface area contributed by atoms with E-state index in [1.807, 2.05) is 0 Å². The third-order valence-corrected chi connectivity index (χ3v) is 10.7. The Morgan fingerprint density at radius 3 is 2.31 bits per heavy atom. The van der Waals surface area contributed by atoms with Gasteiger partial charge in [0.15, 0.2) is 17.6 Å². The summed E-state index contributed by atoms with van der Waals surface area (Å²) in [6.45, 7) is 2.59. The Hall–Kier alpha value is -3.91. The number of anilines is 2. The number of ether oxygens (including phenoxy) is 1. The second-order valence-corrected chi connectivity index (χ2v) is 14.7. The number of allylic oxidation sites excluding steroid dienone is 2. The number of imidazole rings is 1. The minimum atomic E-state index is -4.71. The molecule has 0 spiro atoms. The Balaban J connectivity index is 1.59. The van der Waals surface area contributed by atoms with Crippen LogP contribution in [0.1, 0.15) is 17.8 Å². The van der Waals surface area contributed by atoms with Crippen LogP contribution in [0.15, 0.2) is 72.0 Å². The van der Waals surface area contributed by atoms with Crippen LogP contribution in [0.3, 0.4) is 0 Å². The number of alkyl halides is 6. The number of aromatic nitrogens is 2. The van der Waals surface area contributed by atoms with E-state index in [2.05, 4.69) is 6.58 Å². The van der Waals surface area contributed by atoms with E-state index in [0.29, 0.717) is 5.52 Å². The standard InChI is InChI=1S/C30H31F6N5O6S2/c1-3-39-24-10-8-21(30(34,35)36)18-25(24)40(12-5-17-48(42,43)44)28(39)7-4-6-27-37(2)23-11-9-22(19-26(23)41(27)20-29(31,32)33)49(45,46)38-13-15-47-16-14-38/h3-4,6-11,18-19H,1,5,12-17,20H2,2H3. The Bertz CT molecular complexity index is 2040. The molecule has 11 nitrogen and oxygen atoms in total. The smallest absolute Gasteiger partial charge is 0.426 e. The highest BCUT2D eigenvalue weighted by atomic mass is 32.2. The van der Waals surface area contributed by atoms with E-state index in [9.17, 15) is 47.7 Å². The SMILES string of the molecule is C=CN1/C(=C\C=C\c2n(CC(F)(F)F)c3cc(S(=O)(=O)N4CCOCC4)ccc3[n+]2C)N(CCCS(=O)(=O)[O-])c2cc(C(F)(F)F)ccc21. The predicted molar refractivity (Wildman–Crippen MR) is 167 cm³/mol. The lowest BCUT2D eigenvalue weighted by molar-refractivity contribution is -0.647. The molecule has 1 saturated heterocycles. The van der Waals surface area contributed by atoms with Crippen molar-refractivity contribution in [1.82, 2.24) is 8.87 Å². The highest BCUT2D eigenvalue weighted by Crippen LogP contribution is 2.45. The van der Waals surface area contributed by atoms with Crippen molar-refractivity contribution in [2.75, 3.05) is 48.4 Å². The molecule has 0 atom stereocenters. The van der Waals surface area contributed by atoms with Gasteiger partial charge in [0.05, 0.1) is 52.2 Å². The van der Waals surface area contributed by atoms with Crippen LogP contribution in [-0.4, -0.2) is 75.0 Å². The number of aryl methyl sites for hydroxylation is 1. The topological polar surface area (TPSA) is 119 Å². The maximum Gasteiger partial charge on any atom is 0.426 e. The predicted octanol–water partition coefficient (Wildman–Crippen LogP) is 4.33. The molecule has 0 unspecified atom stereocenters. The molecule has 1 aromatic heterocycles. The molecule has 0 amide bonds. The molecule has 2 aliphatic rings. The Morgan fingerprint density at radius 1 is 1.00 bits per heavy atom. The van der Waals surface area contributed by atoms with Gasteiger partial charge in [0.25, 0.3) is 5.82 Å². The number of morpholine rings is 1. The van der Waals surface area contributed by atoms with Gasteiger partial charge in [0.1, 0.15) is 5.82 Å². The fourth-order valence-corrected chi connectivity index (χ4v) is 7.70. The van der Waals surface area contributed by atoms with Crippen LogP contribution in [0.4, 0.5) is 37.7 Å². The van der Waals surface area contributed by atoms with E-state index >= 15 is 0 Å². The molecule has 5 rings (SSSR count). The fraction of sp³-hybridized carbons (Fsp3) is 0.367. The maximum absolute atomic E-state index is 13.9. The number of rotatable bonds is 10. The molecule has 0 aliphatic carbocycles. The van der Waals surface area contributed by atoms with Crippen molar-refractivity contribution in [1.29, 1.82) is 0 Å². The van der Waals surface area contributed by atoms with Crippen molar-refractivity contribution >= 4 is 48.6 Å². The zero-order chi connectivity index (χ0) is 35.9. The molecule has 3 aromatic rings. The minimum absolute atomic E-state index is 0.00844. The van der Waals surface area contributed by atoms with E-state index in [4.69, 9.17) is 4.74 Å². The van der Waals surface area contributed by atoms with Crippen molar-refractivity contribution in [3.8, 4) is 0 Å². The van der Waals surface area contributed by atoms with Gasteiger partial charge >= 0.3 is 12.4 Å². The summed E-state index contributed by atoms with van der Waals surface area (Å²) in [5.41, 5.74) is -0.393. The lowest BCUT2D eigenvalue weighted by atomic mass is 10.1. The van der Waals surface area contributed by atoms with E-state index in [1.165, 1.54) is 74.4 Å². The zero-order valence-corrected chi connectivity index (χ0v) is 27.5. The molecule has 1 fully saturated rings. The van der Waals surface area contributed by atoms with Gasteiger partial charge in [-0.2, -0.15) is 30.6 Å². The zero-order valence-electron chi connectivity index (χ0n) is 25.9. The van der Waals surface area contributed by atoms with Crippen LogP contribution < -0.4 is 14.4 Å². The summed E-state index contributed by atoms with van der Waals surface area (Å²) >= 11 is 0. The quantitative estimate of drug-likeness (QED) is 0.172. The van der Waals surface area contributed by atoms with E-state index < -0.39 is 50.4 Å². The van der Waals surface area contributed by atoms with Crippen molar-refractivity contribution in [2.24, 2.45) is 7.05 Å². The summed E-state index contributed by atoms with van der Waals surface area (Å²) in [6.07, 6.45) is -4.28. The van der Waals surface area contributed by atoms with Crippen LogP contribution in [-0.2, 0) is 44.6 Å². The average Bonchev–Trinajstić information content (AvgIpc) is 3.45. The van der Waals surface area contributed by atoms with Crippen molar-refractivity contribution < 1.29 is 57.0 Å². The molecule has 0 bridgehead atoms. The monoisotopic (exact) mass is 735 g/mol. The van der Waals surface area contributed by atoms with Crippen LogP contribution >= 0.6 is 0 Å². The number of fused-ring (bicyclic) bond motifs is 2. The minimum Gasteiger partial charge on any atom is -0.748 e. The highest BCUT2D eigenvalue weighted by Gasteiger charge is 2.38. The second kappa shape index (κ2) is 13.4. The van der Waals surface area contributed by atoms with E-state index in [0.717, 1.165) is 16.7 Å². The molecule has 49 heavy (non-hydrogen) atoms. The van der Waals surface area contributed by atoms with Crippen molar-refractivity contribution in [3.05, 3.63) is 78.5 Å². The molecular formula is C30H31F6N5O6S2. The van der Waals surface area contributed by atoms with Gasteiger partial charge in [-0.3, -0.25) is 0 Å². The molecule has 0 N–H and O–H groups in total. The van der Waals surface area contributed by atoms with Gasteiger partial charge in [-0.05, 0) is 42.8 Å². The second-order valence-electron chi connectivity index (χ2n) is 11.2. The summed E-state index contributed by atoms with van der Waals surface area (Å²) in [7, 11) is -7.19. The van der Waals surface area contributed by atoms with Gasteiger partial charge in [0.2, 0.25) is 10.0 Å². The normalized spacial score (nSPS) is 17.5. The highest BCUT2D eigenvalue weighted by molar-refractivity contribution is 7.89. The summed E-state index contributed by atoms with van der Waals surface area (Å²) < 4.78 is 152.